The Morgan fingerprint density at radius 3 is 2.26 bits per heavy atom. The molecule has 0 spiro atoms. The first-order chi connectivity index (χ1) is 16.7. The maximum atomic E-state index is 12.8. The molecule has 0 aliphatic carbocycles. The molecule has 1 N–H and O–H groups in total. The van der Waals surface area contributed by atoms with Gasteiger partial charge in [-0.1, -0.05) is 53.7 Å². The summed E-state index contributed by atoms with van der Waals surface area (Å²) in [5, 5.41) is 7.12. The average Bonchev–Trinajstić information content (AvgIpc) is 3.35. The molecule has 0 saturated carbocycles. The molecule has 1 aliphatic heterocycles. The number of amides is 1. The van der Waals surface area contributed by atoms with Crippen LogP contribution in [0.3, 0.4) is 0 Å². The molecule has 1 aromatic heterocycles. The van der Waals surface area contributed by atoms with Crippen LogP contribution in [0.1, 0.15) is 18.7 Å². The minimum atomic E-state index is -0.0148. The maximum absolute atomic E-state index is 12.8. The number of nitrogens with one attached hydrogen (secondary N) is 1. The third-order valence-electron chi connectivity index (χ3n) is 5.92. The zero-order chi connectivity index (χ0) is 23.2. The zero-order valence-corrected chi connectivity index (χ0v) is 18.8. The first-order valence-electron chi connectivity index (χ1n) is 11.5. The summed E-state index contributed by atoms with van der Waals surface area (Å²) in [5.74, 6) is 2.75. The number of carbonyl (C=O) groups excluding carboxylic acids is 1. The summed E-state index contributed by atoms with van der Waals surface area (Å²) in [4.78, 5) is 19.5. The number of para-hydroxylation sites is 1. The van der Waals surface area contributed by atoms with E-state index in [2.05, 4.69) is 20.4 Å². The van der Waals surface area contributed by atoms with Gasteiger partial charge in [-0.15, -0.1) is 0 Å². The molecule has 5 rings (SSSR count). The molecule has 1 fully saturated rings. The number of benzene rings is 3. The number of anilines is 1. The molecule has 1 saturated heterocycles. The predicted octanol–water partition coefficient (Wildman–Crippen LogP) is 5.38. The molecular weight excluding hydrogens is 428 g/mol. The van der Waals surface area contributed by atoms with Crippen LogP contribution in [-0.2, 0) is 11.3 Å². The molecule has 4 aromatic rings. The van der Waals surface area contributed by atoms with Gasteiger partial charge in [-0.05, 0) is 62.3 Å². The van der Waals surface area contributed by atoms with E-state index in [4.69, 9.17) is 9.26 Å². The maximum Gasteiger partial charge on any atom is 0.241 e. The van der Waals surface area contributed by atoms with Crippen molar-refractivity contribution >= 4 is 11.6 Å². The number of nitrogens with zero attached hydrogens (tertiary/aromatic N) is 3. The first-order valence-corrected chi connectivity index (χ1v) is 11.5. The van der Waals surface area contributed by atoms with Crippen molar-refractivity contribution in [3.63, 3.8) is 0 Å². The number of piperidine rings is 1. The third kappa shape index (κ3) is 5.50. The van der Waals surface area contributed by atoms with Crippen LogP contribution in [0.4, 0.5) is 5.69 Å². The fraction of sp³-hybridized carbons (Fsp3) is 0.222. The Bertz CT molecular complexity index is 1200. The number of hydrogen-bond acceptors (Lipinski definition) is 6. The van der Waals surface area contributed by atoms with E-state index in [1.54, 1.807) is 0 Å². The second kappa shape index (κ2) is 10.3. The number of likely N-dealkylation sites (tertiary alicyclic amines) is 1. The van der Waals surface area contributed by atoms with Crippen LogP contribution in [0.5, 0.6) is 11.5 Å². The predicted molar refractivity (Wildman–Crippen MR) is 129 cm³/mol. The van der Waals surface area contributed by atoms with Crippen LogP contribution in [-0.4, -0.2) is 34.0 Å². The Balaban J connectivity index is 1.09. The van der Waals surface area contributed by atoms with Crippen LogP contribution in [0.25, 0.3) is 11.4 Å². The molecule has 0 unspecified atom stereocenters. The minimum absolute atomic E-state index is 0.0148. The van der Waals surface area contributed by atoms with Gasteiger partial charge in [-0.25, -0.2) is 0 Å². The Labute approximate surface area is 198 Å². The van der Waals surface area contributed by atoms with Gasteiger partial charge >= 0.3 is 0 Å². The Morgan fingerprint density at radius 2 is 1.56 bits per heavy atom. The summed E-state index contributed by atoms with van der Waals surface area (Å²) in [5.41, 5.74) is 1.71. The van der Waals surface area contributed by atoms with E-state index < -0.39 is 0 Å². The van der Waals surface area contributed by atoms with Crippen molar-refractivity contribution in [3.8, 4) is 22.9 Å². The van der Waals surface area contributed by atoms with Crippen molar-refractivity contribution in [2.75, 3.05) is 18.4 Å². The first kappa shape index (κ1) is 21.9. The molecule has 0 radical (unpaired) electrons. The third-order valence-corrected chi connectivity index (χ3v) is 5.92. The van der Waals surface area contributed by atoms with Crippen LogP contribution in [0.15, 0.2) is 89.5 Å². The highest BCUT2D eigenvalue weighted by atomic mass is 16.5. The number of ether oxygens (including phenoxy) is 1. The molecule has 172 valence electrons. The van der Waals surface area contributed by atoms with Gasteiger partial charge in [-0.3, -0.25) is 9.69 Å². The van der Waals surface area contributed by atoms with Crippen molar-refractivity contribution in [1.29, 1.82) is 0 Å². The van der Waals surface area contributed by atoms with Gasteiger partial charge in [0, 0.05) is 17.2 Å². The lowest BCUT2D eigenvalue weighted by molar-refractivity contribution is -0.121. The quantitative estimate of drug-likeness (QED) is 0.404. The highest BCUT2D eigenvalue weighted by Crippen LogP contribution is 2.25. The lowest BCUT2D eigenvalue weighted by Gasteiger charge is -2.30. The van der Waals surface area contributed by atoms with Crippen molar-refractivity contribution in [2.24, 2.45) is 5.92 Å². The van der Waals surface area contributed by atoms with Crippen molar-refractivity contribution in [1.82, 2.24) is 15.0 Å². The fourth-order valence-electron chi connectivity index (χ4n) is 4.04. The van der Waals surface area contributed by atoms with Gasteiger partial charge in [0.2, 0.25) is 17.6 Å². The van der Waals surface area contributed by atoms with E-state index in [1.807, 2.05) is 84.9 Å². The summed E-state index contributed by atoms with van der Waals surface area (Å²) in [6, 6.07) is 26.9. The summed E-state index contributed by atoms with van der Waals surface area (Å²) in [7, 11) is 0. The van der Waals surface area contributed by atoms with Gasteiger partial charge in [0.05, 0.1) is 6.54 Å². The highest BCUT2D eigenvalue weighted by molar-refractivity contribution is 5.92. The second-order valence-corrected chi connectivity index (χ2v) is 8.36. The van der Waals surface area contributed by atoms with Crippen molar-refractivity contribution in [2.45, 2.75) is 19.4 Å². The highest BCUT2D eigenvalue weighted by Gasteiger charge is 2.26. The van der Waals surface area contributed by atoms with E-state index in [-0.39, 0.29) is 11.8 Å². The van der Waals surface area contributed by atoms with E-state index in [9.17, 15) is 4.79 Å². The molecule has 0 atom stereocenters. The van der Waals surface area contributed by atoms with Crippen LogP contribution in [0, 0.1) is 5.92 Å². The van der Waals surface area contributed by atoms with Crippen LogP contribution in [0.2, 0.25) is 0 Å². The second-order valence-electron chi connectivity index (χ2n) is 8.36. The fourth-order valence-corrected chi connectivity index (χ4v) is 4.04. The van der Waals surface area contributed by atoms with Gasteiger partial charge in [0.15, 0.2) is 0 Å². The Hall–Kier alpha value is -3.97. The zero-order valence-electron chi connectivity index (χ0n) is 18.8. The summed E-state index contributed by atoms with van der Waals surface area (Å²) in [6.07, 6.45) is 1.58. The molecule has 7 heteroatoms. The van der Waals surface area contributed by atoms with E-state index in [0.29, 0.717) is 18.3 Å². The van der Waals surface area contributed by atoms with Gasteiger partial charge in [0.25, 0.3) is 0 Å². The van der Waals surface area contributed by atoms with Crippen LogP contribution < -0.4 is 10.1 Å². The normalized spacial score (nSPS) is 14.6. The lowest BCUT2D eigenvalue weighted by atomic mass is 9.96. The summed E-state index contributed by atoms with van der Waals surface area (Å²) >= 11 is 0. The van der Waals surface area contributed by atoms with E-state index in [1.165, 1.54) is 0 Å². The Kier molecular flexibility index (Phi) is 6.63. The van der Waals surface area contributed by atoms with E-state index in [0.717, 1.165) is 48.7 Å². The standard InChI is InChI=1S/C27H26N4O3/c32-27(28-22-11-13-24(14-12-22)33-23-9-5-2-6-10-23)21-15-17-31(18-16-21)19-25-29-26(30-34-25)20-7-3-1-4-8-20/h1-14,21H,15-19H2,(H,28,32). The number of hydrogen-bond donors (Lipinski definition) is 1. The smallest absolute Gasteiger partial charge is 0.241 e. The van der Waals surface area contributed by atoms with Crippen LogP contribution >= 0.6 is 0 Å². The molecule has 1 amide bonds. The monoisotopic (exact) mass is 454 g/mol. The van der Waals surface area contributed by atoms with Gasteiger partial charge < -0.3 is 14.6 Å². The molecule has 1 aliphatic rings. The summed E-state index contributed by atoms with van der Waals surface area (Å²) < 4.78 is 11.2. The van der Waals surface area contributed by atoms with Gasteiger partial charge in [0.1, 0.15) is 11.5 Å². The number of rotatable bonds is 7. The topological polar surface area (TPSA) is 80.5 Å². The average molecular weight is 455 g/mol. The summed E-state index contributed by atoms with van der Waals surface area (Å²) in [6.45, 7) is 2.22. The molecule has 7 nitrogen and oxygen atoms in total. The Morgan fingerprint density at radius 1 is 0.912 bits per heavy atom. The molecule has 3 aromatic carbocycles. The molecular formula is C27H26N4O3. The van der Waals surface area contributed by atoms with E-state index >= 15 is 0 Å². The van der Waals surface area contributed by atoms with Gasteiger partial charge in [-0.2, -0.15) is 4.98 Å². The van der Waals surface area contributed by atoms with Crippen molar-refractivity contribution < 1.29 is 14.1 Å². The minimum Gasteiger partial charge on any atom is -0.457 e. The number of carbonyl (C=O) groups is 1. The lowest BCUT2D eigenvalue weighted by Crippen LogP contribution is -2.37. The molecule has 34 heavy (non-hydrogen) atoms. The van der Waals surface area contributed by atoms with Crippen molar-refractivity contribution in [3.05, 3.63) is 90.8 Å². The molecule has 2 heterocycles. The SMILES string of the molecule is O=C(Nc1ccc(Oc2ccccc2)cc1)C1CCN(Cc2nc(-c3ccccc3)no2)CC1. The number of aromatic nitrogens is 2. The molecule has 0 bridgehead atoms. The largest absolute Gasteiger partial charge is 0.457 e.